The zero-order chi connectivity index (χ0) is 58.0. The summed E-state index contributed by atoms with van der Waals surface area (Å²) in [5.41, 5.74) is 15.2. The summed E-state index contributed by atoms with van der Waals surface area (Å²) in [6.45, 7) is 21.3. The third-order valence-electron chi connectivity index (χ3n) is 17.1. The number of hydrogen-bond acceptors (Lipinski definition) is 4. The first kappa shape index (κ1) is 54.0. The Morgan fingerprint density at radius 1 is 0.381 bits per heavy atom. The second kappa shape index (κ2) is 21.2. The molecule has 414 valence electrons. The average molecular weight is 1110 g/mol. The minimum absolute atomic E-state index is 0.0167. The van der Waals surface area contributed by atoms with Crippen LogP contribution in [0, 0.1) is 0 Å². The Kier molecular flexibility index (Phi) is 13.6. The molecule has 0 aliphatic carbocycles. The molecular formula is C78H72N4OSi. The fourth-order valence-corrected chi connectivity index (χ4v) is 17.5. The van der Waals surface area contributed by atoms with Gasteiger partial charge in [0.1, 0.15) is 24.0 Å². The van der Waals surface area contributed by atoms with Gasteiger partial charge < -0.3 is 14.5 Å². The van der Waals surface area contributed by atoms with E-state index in [9.17, 15) is 0 Å². The summed E-state index contributed by atoms with van der Waals surface area (Å²) >= 11 is 0. The maximum absolute atomic E-state index is 6.99. The van der Waals surface area contributed by atoms with Crippen LogP contribution in [-0.4, -0.2) is 24.3 Å². The van der Waals surface area contributed by atoms with Crippen molar-refractivity contribution in [1.29, 1.82) is 0 Å². The molecule has 1 aliphatic rings. The van der Waals surface area contributed by atoms with Gasteiger partial charge in [-0.2, -0.15) is 0 Å². The Morgan fingerprint density at radius 3 is 1.57 bits per heavy atom. The minimum atomic E-state index is -2.79. The number of hydrogen-bond donors (Lipinski definition) is 0. The van der Waals surface area contributed by atoms with E-state index >= 15 is 0 Å². The molecule has 3 heterocycles. The Balaban J connectivity index is 0.935. The first-order chi connectivity index (χ1) is 40.5. The van der Waals surface area contributed by atoms with Crippen LogP contribution in [0.15, 0.2) is 261 Å². The predicted octanol–water partition coefficient (Wildman–Crippen LogP) is 17.8. The number of nitrogens with zero attached hydrogens (tertiary/aromatic N) is 4. The fourth-order valence-electron chi connectivity index (χ4n) is 12.7. The molecule has 0 atom stereocenters. The van der Waals surface area contributed by atoms with Gasteiger partial charge in [-0.1, -0.05) is 232 Å². The molecule has 6 heteroatoms. The smallest absolute Gasteiger partial charge is 0.179 e. The number of benzene rings is 10. The molecule has 0 saturated carbocycles. The predicted molar refractivity (Wildman–Crippen MR) is 358 cm³/mol. The summed E-state index contributed by atoms with van der Waals surface area (Å²) in [6, 6.07) is 94.0. The molecule has 0 saturated heterocycles. The molecule has 12 aromatic rings. The summed E-state index contributed by atoms with van der Waals surface area (Å²) in [5, 5.41) is 7.64. The normalized spacial score (nSPS) is 13.0. The summed E-state index contributed by atoms with van der Waals surface area (Å²) in [6.07, 6.45) is 1.97. The van der Waals surface area contributed by atoms with Gasteiger partial charge >= 0.3 is 0 Å². The van der Waals surface area contributed by atoms with Gasteiger partial charge in [-0.15, -0.1) is 0 Å². The standard InChI is InChI=1S/C78H72N4OSi/c1-76(2,3)57-25-22-26-59(49-57)80-53-81(73-37-20-19-36-72(73)80)60-27-23-28-61(51-60)83-62-40-42-68-69-47-55(54-24-21-35-66(46-54)84(63-29-13-10-14-30-63,64-31-15-11-16-32-64)65-33-17-12-18-34-65)38-43-71(69)82(74(68)52-62)75-48-56(44-45-79-75)67-41-39-58(77(4,5)6)50-70(67)78(7,8)9/h10-52H,53H2,1-9H3. The molecule has 5 nitrogen and oxygen atoms in total. The van der Waals surface area contributed by atoms with Crippen molar-refractivity contribution < 1.29 is 4.74 Å². The Morgan fingerprint density at radius 2 is 0.940 bits per heavy atom. The van der Waals surface area contributed by atoms with Gasteiger partial charge in [0.05, 0.1) is 22.4 Å². The molecule has 2 aromatic heterocycles. The van der Waals surface area contributed by atoms with Crippen LogP contribution in [0.1, 0.15) is 79.0 Å². The Hall–Kier alpha value is -9.23. The Bertz CT molecular complexity index is 4300. The molecule has 0 fully saturated rings. The highest BCUT2D eigenvalue weighted by molar-refractivity contribution is 7.19. The van der Waals surface area contributed by atoms with Crippen LogP contribution in [0.4, 0.5) is 22.7 Å². The maximum Gasteiger partial charge on any atom is 0.179 e. The van der Waals surface area contributed by atoms with E-state index in [0.717, 1.165) is 61.6 Å². The number of para-hydroxylation sites is 2. The lowest BCUT2D eigenvalue weighted by atomic mass is 9.77. The SMILES string of the molecule is CC(C)(C)c1cccc(N2CN(c3cccc(Oc4ccc5c6cc(-c7cccc([Si](c8ccccc8)(c8ccccc8)c8ccccc8)c7)ccc6n(-c6cc(-c7ccc(C(C)(C)C)cc7C(C)(C)C)ccn6)c5c4)c3)c3ccccc32)c1. The highest BCUT2D eigenvalue weighted by Crippen LogP contribution is 2.46. The maximum atomic E-state index is 6.99. The molecule has 84 heavy (non-hydrogen) atoms. The van der Waals surface area contributed by atoms with Crippen molar-refractivity contribution in [2.45, 2.75) is 78.6 Å². The van der Waals surface area contributed by atoms with Gasteiger partial charge in [-0.05, 0) is 149 Å². The van der Waals surface area contributed by atoms with Crippen molar-refractivity contribution in [2.24, 2.45) is 0 Å². The third-order valence-corrected chi connectivity index (χ3v) is 21.9. The van der Waals surface area contributed by atoms with Crippen LogP contribution in [0.2, 0.25) is 0 Å². The van der Waals surface area contributed by atoms with E-state index < -0.39 is 8.07 Å². The highest BCUT2D eigenvalue weighted by Gasteiger charge is 2.41. The number of rotatable bonds is 11. The second-order valence-corrected chi connectivity index (χ2v) is 29.5. The van der Waals surface area contributed by atoms with Crippen LogP contribution >= 0.6 is 0 Å². The van der Waals surface area contributed by atoms with Gasteiger partial charge in [-0.3, -0.25) is 4.57 Å². The first-order valence-electron chi connectivity index (χ1n) is 29.5. The largest absolute Gasteiger partial charge is 0.457 e. The van der Waals surface area contributed by atoms with Crippen LogP contribution in [-0.2, 0) is 16.2 Å². The van der Waals surface area contributed by atoms with E-state index in [2.05, 4.69) is 331 Å². The minimum Gasteiger partial charge on any atom is -0.457 e. The molecule has 0 amide bonds. The molecule has 0 N–H and O–H groups in total. The zero-order valence-electron chi connectivity index (χ0n) is 49.7. The van der Waals surface area contributed by atoms with Gasteiger partial charge in [0.2, 0.25) is 0 Å². The molecule has 0 unspecified atom stereocenters. The topological polar surface area (TPSA) is 33.5 Å². The van der Waals surface area contributed by atoms with Crippen LogP contribution in [0.25, 0.3) is 49.9 Å². The lowest BCUT2D eigenvalue weighted by Crippen LogP contribution is -2.74. The molecule has 0 radical (unpaired) electrons. The molecule has 0 bridgehead atoms. The lowest BCUT2D eigenvalue weighted by molar-refractivity contribution is 0.483. The monoisotopic (exact) mass is 1110 g/mol. The zero-order valence-corrected chi connectivity index (χ0v) is 50.7. The summed E-state index contributed by atoms with van der Waals surface area (Å²) < 4.78 is 9.32. The number of fused-ring (bicyclic) bond motifs is 4. The highest BCUT2D eigenvalue weighted by atomic mass is 28.3. The number of pyridine rings is 1. The van der Waals surface area contributed by atoms with E-state index in [1.54, 1.807) is 0 Å². The van der Waals surface area contributed by atoms with Crippen molar-refractivity contribution in [3.05, 3.63) is 278 Å². The van der Waals surface area contributed by atoms with Crippen LogP contribution < -0.4 is 35.3 Å². The van der Waals surface area contributed by atoms with Crippen LogP contribution in [0.5, 0.6) is 11.5 Å². The molecule has 0 spiro atoms. The van der Waals surface area contributed by atoms with Crippen LogP contribution in [0.3, 0.4) is 0 Å². The molecule has 13 rings (SSSR count). The first-order valence-corrected chi connectivity index (χ1v) is 31.5. The van der Waals surface area contributed by atoms with Crippen molar-refractivity contribution in [3.8, 4) is 39.6 Å². The van der Waals surface area contributed by atoms with Gasteiger partial charge in [0.25, 0.3) is 0 Å². The van der Waals surface area contributed by atoms with E-state index in [-0.39, 0.29) is 16.2 Å². The van der Waals surface area contributed by atoms with E-state index in [1.165, 1.54) is 59.9 Å². The molecular weight excluding hydrogens is 1040 g/mol. The molecule has 1 aliphatic heterocycles. The average Bonchev–Trinajstić information content (AvgIpc) is 1.71. The van der Waals surface area contributed by atoms with Crippen molar-refractivity contribution in [1.82, 2.24) is 9.55 Å². The lowest BCUT2D eigenvalue weighted by Gasteiger charge is -2.34. The summed E-state index contributed by atoms with van der Waals surface area (Å²) in [4.78, 5) is 10.0. The summed E-state index contributed by atoms with van der Waals surface area (Å²) in [7, 11) is -2.79. The van der Waals surface area contributed by atoms with Crippen molar-refractivity contribution >= 4 is 73.4 Å². The molecule has 10 aromatic carbocycles. The van der Waals surface area contributed by atoms with E-state index in [1.807, 2.05) is 6.20 Å². The third kappa shape index (κ3) is 9.88. The summed E-state index contributed by atoms with van der Waals surface area (Å²) in [5.74, 6) is 2.35. The second-order valence-electron chi connectivity index (χ2n) is 25.7. The van der Waals surface area contributed by atoms with E-state index in [4.69, 9.17) is 9.72 Å². The number of ether oxygens (including phenoxy) is 1. The number of anilines is 4. The van der Waals surface area contributed by atoms with Gasteiger partial charge in [0, 0.05) is 40.5 Å². The fraction of sp³-hybridized carbons (Fsp3) is 0.167. The van der Waals surface area contributed by atoms with Crippen molar-refractivity contribution in [3.63, 3.8) is 0 Å². The number of aromatic nitrogens is 2. The van der Waals surface area contributed by atoms with E-state index in [0.29, 0.717) is 6.67 Å². The van der Waals surface area contributed by atoms with Gasteiger partial charge in [0.15, 0.2) is 8.07 Å². The quantitative estimate of drug-likeness (QED) is 0.0955. The van der Waals surface area contributed by atoms with Gasteiger partial charge in [-0.25, -0.2) is 4.98 Å². The Labute approximate surface area is 497 Å². The van der Waals surface area contributed by atoms with Crippen molar-refractivity contribution in [2.75, 3.05) is 16.5 Å².